The van der Waals surface area contributed by atoms with E-state index in [-0.39, 0.29) is 5.91 Å². The maximum atomic E-state index is 12.0. The van der Waals surface area contributed by atoms with Gasteiger partial charge in [-0.1, -0.05) is 18.2 Å². The molecule has 0 atom stereocenters. The third-order valence-corrected chi connectivity index (χ3v) is 3.02. The van der Waals surface area contributed by atoms with Crippen molar-refractivity contribution < 1.29 is 4.79 Å². The zero-order valence-electron chi connectivity index (χ0n) is 9.18. The zero-order chi connectivity index (χ0) is 11.5. The summed E-state index contributed by atoms with van der Waals surface area (Å²) in [6.07, 6.45) is 0. The standard InChI is InChI=1S/C12H12N2OS/c1-9-5-3-4-6-11(9)14(2)12(15)10-7-16-8-13-10/h3-8H,1-2H3. The number of aryl methyl sites for hydroxylation is 1. The summed E-state index contributed by atoms with van der Waals surface area (Å²) in [5.41, 5.74) is 4.16. The number of hydrogen-bond donors (Lipinski definition) is 0. The van der Waals surface area contributed by atoms with Crippen LogP contribution in [-0.2, 0) is 0 Å². The fourth-order valence-electron chi connectivity index (χ4n) is 1.54. The van der Waals surface area contributed by atoms with Gasteiger partial charge in [0.1, 0.15) is 5.69 Å². The monoisotopic (exact) mass is 232 g/mol. The van der Waals surface area contributed by atoms with E-state index in [0.717, 1.165) is 11.3 Å². The number of thiazole rings is 1. The molecule has 2 rings (SSSR count). The van der Waals surface area contributed by atoms with Crippen molar-refractivity contribution in [3.05, 3.63) is 46.4 Å². The van der Waals surface area contributed by atoms with E-state index in [1.54, 1.807) is 22.8 Å². The number of hydrogen-bond acceptors (Lipinski definition) is 3. The van der Waals surface area contributed by atoms with E-state index in [1.165, 1.54) is 11.3 Å². The predicted octanol–water partition coefficient (Wildman–Crippen LogP) is 2.73. The first-order valence-corrected chi connectivity index (χ1v) is 5.86. The Morgan fingerprint density at radius 2 is 2.12 bits per heavy atom. The molecule has 82 valence electrons. The summed E-state index contributed by atoms with van der Waals surface area (Å²) < 4.78 is 0. The van der Waals surface area contributed by atoms with Gasteiger partial charge in [-0.2, -0.15) is 0 Å². The second-order valence-corrected chi connectivity index (χ2v) is 4.24. The van der Waals surface area contributed by atoms with Gasteiger partial charge in [0.15, 0.2) is 0 Å². The molecule has 1 amide bonds. The van der Waals surface area contributed by atoms with Crippen molar-refractivity contribution in [3.63, 3.8) is 0 Å². The third kappa shape index (κ3) is 1.97. The van der Waals surface area contributed by atoms with E-state index >= 15 is 0 Å². The highest BCUT2D eigenvalue weighted by Crippen LogP contribution is 2.19. The molecule has 1 heterocycles. The molecule has 0 saturated heterocycles. The van der Waals surface area contributed by atoms with Crippen LogP contribution < -0.4 is 4.90 Å². The minimum absolute atomic E-state index is 0.0736. The topological polar surface area (TPSA) is 33.2 Å². The lowest BCUT2D eigenvalue weighted by atomic mass is 10.2. The highest BCUT2D eigenvalue weighted by atomic mass is 32.1. The second kappa shape index (κ2) is 4.45. The third-order valence-electron chi connectivity index (χ3n) is 2.43. The van der Waals surface area contributed by atoms with Crippen LogP contribution >= 0.6 is 11.3 Å². The number of carbonyl (C=O) groups is 1. The van der Waals surface area contributed by atoms with Gasteiger partial charge in [0.2, 0.25) is 0 Å². The molecule has 4 heteroatoms. The maximum Gasteiger partial charge on any atom is 0.277 e. The summed E-state index contributed by atoms with van der Waals surface area (Å²) in [6, 6.07) is 7.80. The van der Waals surface area contributed by atoms with Crippen molar-refractivity contribution in [1.29, 1.82) is 0 Å². The number of carbonyl (C=O) groups excluding carboxylic acids is 1. The summed E-state index contributed by atoms with van der Waals surface area (Å²) >= 11 is 1.43. The number of anilines is 1. The highest BCUT2D eigenvalue weighted by Gasteiger charge is 2.15. The Morgan fingerprint density at radius 1 is 1.38 bits per heavy atom. The van der Waals surface area contributed by atoms with Gasteiger partial charge in [0.05, 0.1) is 5.51 Å². The van der Waals surface area contributed by atoms with Gasteiger partial charge in [-0.05, 0) is 18.6 Å². The van der Waals surface area contributed by atoms with E-state index in [9.17, 15) is 4.79 Å². The predicted molar refractivity (Wildman–Crippen MR) is 66.0 cm³/mol. The van der Waals surface area contributed by atoms with E-state index < -0.39 is 0 Å². The Labute approximate surface area is 98.4 Å². The Morgan fingerprint density at radius 3 is 2.75 bits per heavy atom. The van der Waals surface area contributed by atoms with Gasteiger partial charge < -0.3 is 4.90 Å². The van der Waals surface area contributed by atoms with E-state index in [0.29, 0.717) is 5.69 Å². The van der Waals surface area contributed by atoms with Crippen molar-refractivity contribution in [2.75, 3.05) is 11.9 Å². The summed E-state index contributed by atoms with van der Waals surface area (Å²) in [5, 5.41) is 1.76. The molecule has 16 heavy (non-hydrogen) atoms. The molecule has 0 aliphatic carbocycles. The van der Waals surface area contributed by atoms with Crippen LogP contribution in [-0.4, -0.2) is 17.9 Å². The number of para-hydroxylation sites is 1. The number of rotatable bonds is 2. The van der Waals surface area contributed by atoms with Gasteiger partial charge in [-0.15, -0.1) is 11.3 Å². The first-order valence-electron chi connectivity index (χ1n) is 4.92. The quantitative estimate of drug-likeness (QED) is 0.797. The van der Waals surface area contributed by atoms with Gasteiger partial charge in [0, 0.05) is 18.1 Å². The Kier molecular flexibility index (Phi) is 3.01. The summed E-state index contributed by atoms with van der Waals surface area (Å²) in [4.78, 5) is 17.7. The first-order chi connectivity index (χ1) is 7.70. The van der Waals surface area contributed by atoms with E-state index in [1.807, 2.05) is 31.2 Å². The molecule has 0 aliphatic heterocycles. The van der Waals surface area contributed by atoms with Crippen LogP contribution in [0, 0.1) is 6.92 Å². The molecule has 1 aromatic heterocycles. The average molecular weight is 232 g/mol. The van der Waals surface area contributed by atoms with Gasteiger partial charge >= 0.3 is 0 Å². The zero-order valence-corrected chi connectivity index (χ0v) is 9.99. The molecular formula is C12H12N2OS. The molecular weight excluding hydrogens is 220 g/mol. The molecule has 0 spiro atoms. The summed E-state index contributed by atoms with van der Waals surface area (Å²) in [5.74, 6) is -0.0736. The van der Waals surface area contributed by atoms with Crippen LogP contribution in [0.3, 0.4) is 0 Å². The Bertz CT molecular complexity index is 493. The van der Waals surface area contributed by atoms with Crippen LogP contribution in [0.1, 0.15) is 16.1 Å². The van der Waals surface area contributed by atoms with Crippen molar-refractivity contribution in [2.45, 2.75) is 6.92 Å². The Hall–Kier alpha value is -1.68. The molecule has 0 saturated carbocycles. The van der Waals surface area contributed by atoms with Crippen LogP contribution in [0.5, 0.6) is 0 Å². The Balaban J connectivity index is 2.30. The molecule has 0 aliphatic rings. The normalized spacial score (nSPS) is 10.1. The molecule has 0 bridgehead atoms. The lowest BCUT2D eigenvalue weighted by Gasteiger charge is -2.18. The SMILES string of the molecule is Cc1ccccc1N(C)C(=O)c1cscn1. The van der Waals surface area contributed by atoms with Crippen molar-refractivity contribution >= 4 is 22.9 Å². The molecule has 1 aromatic carbocycles. The van der Waals surface area contributed by atoms with Crippen molar-refractivity contribution in [3.8, 4) is 0 Å². The van der Waals surface area contributed by atoms with Crippen LogP contribution in [0.15, 0.2) is 35.2 Å². The lowest BCUT2D eigenvalue weighted by molar-refractivity contribution is 0.0989. The number of aromatic nitrogens is 1. The van der Waals surface area contributed by atoms with Crippen LogP contribution in [0.4, 0.5) is 5.69 Å². The fraction of sp³-hybridized carbons (Fsp3) is 0.167. The number of benzene rings is 1. The minimum Gasteiger partial charge on any atom is -0.310 e. The molecule has 2 aromatic rings. The summed E-state index contributed by atoms with van der Waals surface area (Å²) in [6.45, 7) is 1.99. The summed E-state index contributed by atoms with van der Waals surface area (Å²) in [7, 11) is 1.77. The van der Waals surface area contributed by atoms with Crippen molar-refractivity contribution in [2.24, 2.45) is 0 Å². The maximum absolute atomic E-state index is 12.0. The molecule has 0 unspecified atom stereocenters. The number of amides is 1. The molecule has 3 nitrogen and oxygen atoms in total. The van der Waals surface area contributed by atoms with Gasteiger partial charge in [-0.25, -0.2) is 4.98 Å². The van der Waals surface area contributed by atoms with Crippen LogP contribution in [0.25, 0.3) is 0 Å². The first kappa shape index (κ1) is 10.8. The molecule has 0 fully saturated rings. The largest absolute Gasteiger partial charge is 0.310 e. The fourth-order valence-corrected chi connectivity index (χ4v) is 2.06. The number of nitrogens with zero attached hydrogens (tertiary/aromatic N) is 2. The van der Waals surface area contributed by atoms with E-state index in [4.69, 9.17) is 0 Å². The van der Waals surface area contributed by atoms with Crippen LogP contribution in [0.2, 0.25) is 0 Å². The average Bonchev–Trinajstić information content (AvgIpc) is 2.81. The van der Waals surface area contributed by atoms with Gasteiger partial charge in [-0.3, -0.25) is 4.79 Å². The van der Waals surface area contributed by atoms with Gasteiger partial charge in [0.25, 0.3) is 5.91 Å². The highest BCUT2D eigenvalue weighted by molar-refractivity contribution is 7.07. The molecule has 0 radical (unpaired) electrons. The molecule has 0 N–H and O–H groups in total. The lowest BCUT2D eigenvalue weighted by Crippen LogP contribution is -2.27. The second-order valence-electron chi connectivity index (χ2n) is 3.52. The minimum atomic E-state index is -0.0736. The van der Waals surface area contributed by atoms with Crippen molar-refractivity contribution in [1.82, 2.24) is 4.98 Å². The van der Waals surface area contributed by atoms with E-state index in [2.05, 4.69) is 4.98 Å². The smallest absolute Gasteiger partial charge is 0.277 e.